The molecular weight excluding hydrogens is 250 g/mol. The van der Waals surface area contributed by atoms with Crippen molar-refractivity contribution in [1.82, 2.24) is 9.55 Å². The Morgan fingerprint density at radius 3 is 2.95 bits per heavy atom. The Hall–Kier alpha value is -2.36. The molecule has 0 fully saturated rings. The molecule has 0 spiro atoms. The molecular formula is C16H17N3O. The van der Waals surface area contributed by atoms with Gasteiger partial charge >= 0.3 is 0 Å². The fraction of sp³-hybridized carbons (Fsp3) is 0.250. The van der Waals surface area contributed by atoms with Crippen molar-refractivity contribution in [2.45, 2.75) is 18.8 Å². The Balaban J connectivity index is 2.33. The first-order valence-corrected chi connectivity index (χ1v) is 6.59. The smallest absolute Gasteiger partial charge is 0.258 e. The van der Waals surface area contributed by atoms with Crippen LogP contribution in [-0.2, 0) is 12.5 Å². The molecule has 102 valence electrons. The quantitative estimate of drug-likeness (QED) is 0.859. The van der Waals surface area contributed by atoms with Crippen LogP contribution in [0.4, 0.5) is 0 Å². The zero-order valence-corrected chi connectivity index (χ0v) is 11.6. The normalized spacial score (nSPS) is 22.0. The number of allylic oxidation sites excluding steroid dienone is 4. The highest BCUT2D eigenvalue weighted by Gasteiger charge is 2.29. The predicted molar refractivity (Wildman–Crippen MR) is 80.4 cm³/mol. The Morgan fingerprint density at radius 2 is 2.20 bits per heavy atom. The topological polar surface area (TPSA) is 60.9 Å². The van der Waals surface area contributed by atoms with E-state index in [4.69, 9.17) is 5.73 Å². The van der Waals surface area contributed by atoms with Crippen molar-refractivity contribution < 1.29 is 0 Å². The maximum absolute atomic E-state index is 12.2. The summed E-state index contributed by atoms with van der Waals surface area (Å²) in [6.07, 6.45) is 12.1. The lowest BCUT2D eigenvalue weighted by Gasteiger charge is -2.30. The van der Waals surface area contributed by atoms with Gasteiger partial charge in [-0.1, -0.05) is 19.1 Å². The van der Waals surface area contributed by atoms with E-state index in [2.05, 4.69) is 18.0 Å². The monoisotopic (exact) mass is 267 g/mol. The molecule has 2 heterocycles. The Labute approximate surface area is 117 Å². The largest absolute Gasteiger partial charge is 0.402 e. The van der Waals surface area contributed by atoms with Gasteiger partial charge < -0.3 is 10.3 Å². The molecule has 1 unspecified atom stereocenters. The second kappa shape index (κ2) is 4.34. The molecule has 0 aliphatic heterocycles. The lowest BCUT2D eigenvalue weighted by atomic mass is 9.75. The molecule has 0 amide bonds. The first kappa shape index (κ1) is 12.7. The van der Waals surface area contributed by atoms with Gasteiger partial charge in [-0.3, -0.25) is 9.78 Å². The van der Waals surface area contributed by atoms with Crippen molar-refractivity contribution in [2.24, 2.45) is 12.8 Å². The molecule has 2 aromatic heterocycles. The molecule has 2 N–H and O–H groups in total. The van der Waals surface area contributed by atoms with Gasteiger partial charge in [0.05, 0.1) is 5.39 Å². The fourth-order valence-electron chi connectivity index (χ4n) is 2.87. The molecule has 1 atom stereocenters. The number of rotatable bonds is 1. The second-order valence-corrected chi connectivity index (χ2v) is 5.58. The number of nitrogens with two attached hydrogens (primary N) is 1. The number of nitrogens with zero attached hydrogens (tertiary/aromatic N) is 2. The number of hydrogen-bond donors (Lipinski definition) is 1. The third kappa shape index (κ3) is 1.84. The molecule has 0 aromatic carbocycles. The molecule has 1 aliphatic carbocycles. The summed E-state index contributed by atoms with van der Waals surface area (Å²) >= 11 is 0. The maximum atomic E-state index is 12.2. The summed E-state index contributed by atoms with van der Waals surface area (Å²) in [5.74, 6) is 0. The number of pyridine rings is 2. The van der Waals surface area contributed by atoms with Gasteiger partial charge in [0.2, 0.25) is 0 Å². The van der Waals surface area contributed by atoms with E-state index in [-0.39, 0.29) is 11.0 Å². The molecule has 0 bridgehead atoms. The Kier molecular flexibility index (Phi) is 2.74. The van der Waals surface area contributed by atoms with Crippen LogP contribution in [0.2, 0.25) is 0 Å². The lowest BCUT2D eigenvalue weighted by Crippen LogP contribution is -2.28. The first-order valence-electron chi connectivity index (χ1n) is 6.59. The van der Waals surface area contributed by atoms with Gasteiger partial charge in [-0.05, 0) is 24.1 Å². The summed E-state index contributed by atoms with van der Waals surface area (Å²) in [4.78, 5) is 16.4. The average molecular weight is 267 g/mol. The van der Waals surface area contributed by atoms with Crippen LogP contribution in [0.1, 0.15) is 18.9 Å². The van der Waals surface area contributed by atoms with Gasteiger partial charge in [-0.2, -0.15) is 0 Å². The van der Waals surface area contributed by atoms with E-state index in [1.54, 1.807) is 30.1 Å². The van der Waals surface area contributed by atoms with Crippen LogP contribution in [0, 0.1) is 0 Å². The second-order valence-electron chi connectivity index (χ2n) is 5.58. The van der Waals surface area contributed by atoms with Crippen LogP contribution in [0.5, 0.6) is 0 Å². The maximum Gasteiger partial charge on any atom is 0.258 e. The van der Waals surface area contributed by atoms with Crippen LogP contribution in [-0.4, -0.2) is 9.55 Å². The summed E-state index contributed by atoms with van der Waals surface area (Å²) in [6, 6.07) is 1.77. The molecule has 0 radical (unpaired) electrons. The summed E-state index contributed by atoms with van der Waals surface area (Å²) in [7, 11) is 1.78. The molecule has 0 saturated carbocycles. The molecule has 20 heavy (non-hydrogen) atoms. The lowest BCUT2D eigenvalue weighted by molar-refractivity contribution is 0.575. The average Bonchev–Trinajstić information content (AvgIpc) is 2.42. The van der Waals surface area contributed by atoms with Crippen molar-refractivity contribution in [3.05, 3.63) is 64.5 Å². The zero-order chi connectivity index (χ0) is 14.3. The van der Waals surface area contributed by atoms with Gasteiger partial charge in [-0.15, -0.1) is 0 Å². The van der Waals surface area contributed by atoms with E-state index in [1.807, 2.05) is 18.3 Å². The van der Waals surface area contributed by atoms with Crippen molar-refractivity contribution >= 4 is 10.8 Å². The summed E-state index contributed by atoms with van der Waals surface area (Å²) in [6.45, 7) is 2.13. The minimum Gasteiger partial charge on any atom is -0.402 e. The van der Waals surface area contributed by atoms with Gasteiger partial charge in [0.15, 0.2) is 0 Å². The minimum atomic E-state index is -0.217. The Morgan fingerprint density at radius 1 is 1.40 bits per heavy atom. The SMILES string of the molecule is Cn1cc(C2(C)C=CC=C(N)C2)c2cnccc2c1=O. The molecule has 1 aliphatic rings. The molecule has 4 heteroatoms. The number of aromatic nitrogens is 2. The highest BCUT2D eigenvalue weighted by molar-refractivity contribution is 5.85. The van der Waals surface area contributed by atoms with Gasteiger partial charge in [-0.25, -0.2) is 0 Å². The highest BCUT2D eigenvalue weighted by Crippen LogP contribution is 2.36. The molecule has 2 aromatic rings. The first-order chi connectivity index (χ1) is 9.51. The van der Waals surface area contributed by atoms with Crippen molar-refractivity contribution in [1.29, 1.82) is 0 Å². The summed E-state index contributed by atoms with van der Waals surface area (Å²) in [5.41, 5.74) is 7.69. The van der Waals surface area contributed by atoms with E-state index >= 15 is 0 Å². The van der Waals surface area contributed by atoms with Crippen LogP contribution in [0.3, 0.4) is 0 Å². The van der Waals surface area contributed by atoms with Crippen LogP contribution in [0.15, 0.2) is 53.4 Å². The van der Waals surface area contributed by atoms with Gasteiger partial charge in [0, 0.05) is 42.1 Å². The molecule has 3 rings (SSSR count). The van der Waals surface area contributed by atoms with E-state index in [1.165, 1.54) is 0 Å². The minimum absolute atomic E-state index is 0.00180. The van der Waals surface area contributed by atoms with Crippen molar-refractivity contribution in [3.63, 3.8) is 0 Å². The number of aryl methyl sites for hydroxylation is 1. The third-order valence-corrected chi connectivity index (χ3v) is 3.95. The van der Waals surface area contributed by atoms with Crippen LogP contribution in [0.25, 0.3) is 10.8 Å². The highest BCUT2D eigenvalue weighted by atomic mass is 16.1. The van der Waals surface area contributed by atoms with Crippen LogP contribution < -0.4 is 11.3 Å². The summed E-state index contributed by atoms with van der Waals surface area (Å²) < 4.78 is 1.63. The van der Waals surface area contributed by atoms with E-state index in [0.29, 0.717) is 5.39 Å². The summed E-state index contributed by atoms with van der Waals surface area (Å²) in [5, 5.41) is 1.60. The van der Waals surface area contributed by atoms with Gasteiger partial charge in [0.25, 0.3) is 5.56 Å². The van der Waals surface area contributed by atoms with E-state index in [0.717, 1.165) is 23.1 Å². The van der Waals surface area contributed by atoms with Gasteiger partial charge in [0.1, 0.15) is 0 Å². The Bertz CT molecular complexity index is 801. The number of hydrogen-bond acceptors (Lipinski definition) is 3. The predicted octanol–water partition coefficient (Wildman–Crippen LogP) is 1.99. The van der Waals surface area contributed by atoms with E-state index < -0.39 is 0 Å². The molecule has 4 nitrogen and oxygen atoms in total. The third-order valence-electron chi connectivity index (χ3n) is 3.95. The van der Waals surface area contributed by atoms with Crippen molar-refractivity contribution in [3.8, 4) is 0 Å². The van der Waals surface area contributed by atoms with Crippen molar-refractivity contribution in [2.75, 3.05) is 0 Å². The zero-order valence-electron chi connectivity index (χ0n) is 11.6. The number of fused-ring (bicyclic) bond motifs is 1. The van der Waals surface area contributed by atoms with Crippen LogP contribution >= 0.6 is 0 Å². The standard InChI is InChI=1S/C16H17N3O/c1-16(6-3-4-11(17)8-16)14-10-19(2)15(20)12-5-7-18-9-13(12)14/h3-7,9-10H,8,17H2,1-2H3. The fourth-order valence-corrected chi connectivity index (χ4v) is 2.87. The van der Waals surface area contributed by atoms with E-state index in [9.17, 15) is 4.79 Å². The molecule has 0 saturated heterocycles.